The van der Waals surface area contributed by atoms with Gasteiger partial charge in [0, 0.05) is 25.4 Å². The van der Waals surface area contributed by atoms with E-state index in [0.29, 0.717) is 17.6 Å². The highest BCUT2D eigenvalue weighted by atomic mass is 16.5. The predicted molar refractivity (Wildman–Crippen MR) is 113 cm³/mol. The number of nitrogens with one attached hydrogen (secondary N) is 2. The summed E-state index contributed by atoms with van der Waals surface area (Å²) in [5, 5.41) is 6.35. The average Bonchev–Trinajstić information content (AvgIpc) is 2.70. The van der Waals surface area contributed by atoms with Gasteiger partial charge in [-0.2, -0.15) is 0 Å². The summed E-state index contributed by atoms with van der Waals surface area (Å²) in [4.78, 5) is 14.4. The first-order valence-corrected chi connectivity index (χ1v) is 9.93. The molecule has 0 atom stereocenters. The first-order valence-electron chi connectivity index (χ1n) is 9.93. The molecule has 0 aliphatic carbocycles. The van der Waals surface area contributed by atoms with Crippen LogP contribution in [0.4, 0.5) is 11.6 Å². The molecule has 0 amide bonds. The van der Waals surface area contributed by atoms with Gasteiger partial charge in [0.1, 0.15) is 11.9 Å². The number of hydrogen-bond donors (Lipinski definition) is 2. The van der Waals surface area contributed by atoms with Crippen LogP contribution in [0, 0.1) is 0 Å². The van der Waals surface area contributed by atoms with E-state index in [0.717, 1.165) is 47.7 Å². The van der Waals surface area contributed by atoms with Gasteiger partial charge in [-0.05, 0) is 37.3 Å². The molecule has 0 fully saturated rings. The van der Waals surface area contributed by atoms with E-state index in [9.17, 15) is 0 Å². The van der Waals surface area contributed by atoms with Gasteiger partial charge in [-0.25, -0.2) is 15.0 Å². The van der Waals surface area contributed by atoms with Crippen LogP contribution in [0.15, 0.2) is 12.1 Å². The Bertz CT molecular complexity index is 756. The lowest BCUT2D eigenvalue weighted by Crippen LogP contribution is -2.17. The SMILES string of the molecule is CCc1nc(OC(CC)CC)c(NC)nc1-c1ccc(C(C)C)nc1NC. The molecular formula is C21H33N5O. The molecule has 2 aromatic rings. The van der Waals surface area contributed by atoms with Crippen molar-refractivity contribution in [2.24, 2.45) is 0 Å². The Kier molecular flexibility index (Phi) is 7.39. The van der Waals surface area contributed by atoms with Crippen molar-refractivity contribution in [2.45, 2.75) is 65.9 Å². The molecule has 0 bridgehead atoms. The molecule has 0 aromatic carbocycles. The molecule has 0 saturated heterocycles. The second kappa shape index (κ2) is 9.53. The van der Waals surface area contributed by atoms with E-state index >= 15 is 0 Å². The average molecular weight is 372 g/mol. The third kappa shape index (κ3) is 4.67. The topological polar surface area (TPSA) is 72.0 Å². The molecular weight excluding hydrogens is 338 g/mol. The Balaban J connectivity index is 2.57. The van der Waals surface area contributed by atoms with Crippen molar-refractivity contribution >= 4 is 11.6 Å². The molecule has 148 valence electrons. The Morgan fingerprint density at radius 1 is 0.926 bits per heavy atom. The summed E-state index contributed by atoms with van der Waals surface area (Å²) in [5.74, 6) is 2.42. The molecule has 2 aromatic heterocycles. The number of anilines is 2. The van der Waals surface area contributed by atoms with Crippen LogP contribution in [0.2, 0.25) is 0 Å². The summed E-state index contributed by atoms with van der Waals surface area (Å²) < 4.78 is 6.11. The maximum Gasteiger partial charge on any atom is 0.257 e. The molecule has 0 aliphatic rings. The van der Waals surface area contributed by atoms with Crippen LogP contribution in [-0.2, 0) is 6.42 Å². The van der Waals surface area contributed by atoms with Gasteiger partial charge >= 0.3 is 0 Å². The molecule has 27 heavy (non-hydrogen) atoms. The number of pyridine rings is 1. The first kappa shape index (κ1) is 20.9. The Labute approximate surface area is 163 Å². The van der Waals surface area contributed by atoms with Crippen LogP contribution in [0.25, 0.3) is 11.3 Å². The highest BCUT2D eigenvalue weighted by Gasteiger charge is 2.20. The molecule has 2 heterocycles. The number of aryl methyl sites for hydroxylation is 1. The number of rotatable bonds is 9. The number of nitrogens with zero attached hydrogens (tertiary/aromatic N) is 3. The second-order valence-electron chi connectivity index (χ2n) is 6.87. The van der Waals surface area contributed by atoms with E-state index in [1.165, 1.54) is 0 Å². The fourth-order valence-electron chi connectivity index (χ4n) is 2.95. The van der Waals surface area contributed by atoms with Gasteiger partial charge in [-0.3, -0.25) is 0 Å². The highest BCUT2D eigenvalue weighted by Crippen LogP contribution is 2.33. The third-order valence-corrected chi connectivity index (χ3v) is 4.70. The molecule has 6 nitrogen and oxygen atoms in total. The lowest BCUT2D eigenvalue weighted by Gasteiger charge is -2.20. The number of aromatic nitrogens is 3. The molecule has 0 unspecified atom stereocenters. The second-order valence-corrected chi connectivity index (χ2v) is 6.87. The third-order valence-electron chi connectivity index (χ3n) is 4.70. The largest absolute Gasteiger partial charge is 0.472 e. The zero-order valence-electron chi connectivity index (χ0n) is 17.7. The monoisotopic (exact) mass is 371 g/mol. The Morgan fingerprint density at radius 3 is 2.11 bits per heavy atom. The fourth-order valence-corrected chi connectivity index (χ4v) is 2.95. The molecule has 2 rings (SSSR count). The van der Waals surface area contributed by atoms with Crippen LogP contribution < -0.4 is 15.4 Å². The maximum atomic E-state index is 6.11. The Morgan fingerprint density at radius 2 is 1.59 bits per heavy atom. The lowest BCUT2D eigenvalue weighted by molar-refractivity contribution is 0.185. The van der Waals surface area contributed by atoms with Crippen LogP contribution >= 0.6 is 0 Å². The first-order chi connectivity index (χ1) is 13.0. The van der Waals surface area contributed by atoms with Crippen molar-refractivity contribution in [3.63, 3.8) is 0 Å². The number of ether oxygens (including phenoxy) is 1. The Hall–Kier alpha value is -2.37. The van der Waals surface area contributed by atoms with Crippen molar-refractivity contribution in [1.82, 2.24) is 15.0 Å². The molecule has 0 spiro atoms. The summed E-state index contributed by atoms with van der Waals surface area (Å²) in [6, 6.07) is 4.15. The number of hydrogen-bond acceptors (Lipinski definition) is 6. The zero-order valence-corrected chi connectivity index (χ0v) is 17.7. The van der Waals surface area contributed by atoms with Gasteiger partial charge in [0.25, 0.3) is 5.88 Å². The van der Waals surface area contributed by atoms with Crippen molar-refractivity contribution in [3.05, 3.63) is 23.5 Å². The minimum atomic E-state index is 0.141. The summed E-state index contributed by atoms with van der Waals surface area (Å²) in [6.45, 7) is 10.6. The molecule has 0 aliphatic heterocycles. The van der Waals surface area contributed by atoms with E-state index < -0.39 is 0 Å². The van der Waals surface area contributed by atoms with Gasteiger partial charge in [0.2, 0.25) is 0 Å². The quantitative estimate of drug-likeness (QED) is 0.655. The van der Waals surface area contributed by atoms with E-state index in [1.807, 2.05) is 14.1 Å². The molecule has 0 saturated carbocycles. The fraction of sp³-hybridized carbons (Fsp3) is 0.571. The van der Waals surface area contributed by atoms with Gasteiger partial charge in [-0.1, -0.05) is 34.6 Å². The van der Waals surface area contributed by atoms with Crippen LogP contribution in [0.3, 0.4) is 0 Å². The van der Waals surface area contributed by atoms with Gasteiger partial charge < -0.3 is 15.4 Å². The normalized spacial score (nSPS) is 11.1. The predicted octanol–water partition coefficient (Wildman–Crippen LogP) is 4.88. The summed E-state index contributed by atoms with van der Waals surface area (Å²) in [6.07, 6.45) is 2.78. The minimum absolute atomic E-state index is 0.141. The van der Waals surface area contributed by atoms with Crippen LogP contribution in [0.5, 0.6) is 5.88 Å². The van der Waals surface area contributed by atoms with E-state index in [1.54, 1.807) is 0 Å². The van der Waals surface area contributed by atoms with Crippen LogP contribution in [-0.4, -0.2) is 35.2 Å². The van der Waals surface area contributed by atoms with Crippen molar-refractivity contribution in [1.29, 1.82) is 0 Å². The lowest BCUT2D eigenvalue weighted by atomic mass is 10.0. The molecule has 0 radical (unpaired) electrons. The summed E-state index contributed by atoms with van der Waals surface area (Å²) in [7, 11) is 3.73. The van der Waals surface area contributed by atoms with Crippen LogP contribution in [0.1, 0.15) is 64.8 Å². The van der Waals surface area contributed by atoms with Crippen molar-refractivity contribution in [3.8, 4) is 17.1 Å². The van der Waals surface area contributed by atoms with Gasteiger partial charge in [0.15, 0.2) is 5.82 Å². The van der Waals surface area contributed by atoms with Gasteiger partial charge in [0.05, 0.1) is 11.4 Å². The summed E-state index contributed by atoms with van der Waals surface area (Å²) >= 11 is 0. The zero-order chi connectivity index (χ0) is 20.0. The van der Waals surface area contributed by atoms with Crippen molar-refractivity contribution in [2.75, 3.05) is 24.7 Å². The van der Waals surface area contributed by atoms with Crippen molar-refractivity contribution < 1.29 is 4.74 Å². The standard InChI is InChI=1S/C21H33N5O/c1-8-14(9-2)27-21-20(23-7)26-18(16(10-3)25-21)15-11-12-17(13(4)5)24-19(15)22-6/h11-14H,8-10H2,1-7H3,(H,22,24)(H,23,26). The summed E-state index contributed by atoms with van der Waals surface area (Å²) in [5.41, 5.74) is 3.75. The molecule has 6 heteroatoms. The highest BCUT2D eigenvalue weighted by molar-refractivity contribution is 5.75. The van der Waals surface area contributed by atoms with E-state index in [4.69, 9.17) is 19.7 Å². The smallest absolute Gasteiger partial charge is 0.257 e. The van der Waals surface area contributed by atoms with E-state index in [2.05, 4.69) is 57.4 Å². The molecule has 2 N–H and O–H groups in total. The minimum Gasteiger partial charge on any atom is -0.472 e. The van der Waals surface area contributed by atoms with E-state index in [-0.39, 0.29) is 6.10 Å². The maximum absolute atomic E-state index is 6.11. The van der Waals surface area contributed by atoms with Gasteiger partial charge in [-0.15, -0.1) is 0 Å².